The molecule has 2 bridgehead atoms. The molecule has 2 heterocycles. The average Bonchev–Trinajstić information content (AvgIpc) is 3.13. The molecule has 4 heteroatoms. The molecule has 0 spiro atoms. The van der Waals surface area contributed by atoms with Crippen LogP contribution in [0, 0.1) is 0 Å². The summed E-state index contributed by atoms with van der Waals surface area (Å²) in [7, 11) is -2.89. The Balaban J connectivity index is 1.89. The lowest BCUT2D eigenvalue weighted by atomic mass is 9.98. The van der Waals surface area contributed by atoms with Crippen molar-refractivity contribution in [2.24, 2.45) is 0 Å². The van der Waals surface area contributed by atoms with Crippen LogP contribution in [-0.2, 0) is 4.57 Å². The van der Waals surface area contributed by atoms with Crippen LogP contribution in [0.3, 0.4) is 0 Å². The third-order valence-corrected chi connectivity index (χ3v) is 8.27. The fourth-order valence-electron chi connectivity index (χ4n) is 4.04. The highest BCUT2D eigenvalue weighted by Crippen LogP contribution is 2.58. The summed E-state index contributed by atoms with van der Waals surface area (Å²) in [5, 5.41) is 12.0. The average molecular weight is 313 g/mol. The second-order valence-corrected chi connectivity index (χ2v) is 8.88. The summed E-state index contributed by atoms with van der Waals surface area (Å²) in [4.78, 5) is 0. The Morgan fingerprint density at radius 2 is 1.45 bits per heavy atom. The summed E-state index contributed by atoms with van der Waals surface area (Å²) in [5.74, 6) is 0. The van der Waals surface area contributed by atoms with Gasteiger partial charge in [0.05, 0.1) is 6.10 Å². The van der Waals surface area contributed by atoms with Gasteiger partial charge in [0.25, 0.3) is 0 Å². The van der Waals surface area contributed by atoms with Gasteiger partial charge < -0.3 is 5.11 Å². The number of fused-ring (bicyclic) bond motifs is 2. The number of nitrogens with zero attached hydrogens (tertiary/aromatic N) is 1. The molecule has 2 aliphatic heterocycles. The van der Waals surface area contributed by atoms with Gasteiger partial charge in [-0.25, -0.2) is 4.67 Å². The normalized spacial score (nSPS) is 28.1. The van der Waals surface area contributed by atoms with Crippen LogP contribution >= 0.6 is 7.29 Å². The molecule has 0 aromatic heterocycles. The van der Waals surface area contributed by atoms with E-state index >= 15 is 0 Å². The van der Waals surface area contributed by atoms with Gasteiger partial charge in [-0.05, 0) is 43.5 Å². The minimum atomic E-state index is -2.89. The van der Waals surface area contributed by atoms with Crippen molar-refractivity contribution in [3.8, 4) is 0 Å². The molecule has 0 radical (unpaired) electrons. The minimum absolute atomic E-state index is 0.0243. The molecule has 4 rings (SSSR count). The number of rotatable bonds is 3. The van der Waals surface area contributed by atoms with Gasteiger partial charge in [0, 0.05) is 22.7 Å². The Morgan fingerprint density at radius 1 is 0.909 bits per heavy atom. The zero-order valence-corrected chi connectivity index (χ0v) is 13.3. The summed E-state index contributed by atoms with van der Waals surface area (Å²) in [5.41, 5.74) is 0. The molecule has 2 fully saturated rings. The van der Waals surface area contributed by atoms with Crippen molar-refractivity contribution in [3.63, 3.8) is 0 Å². The molecule has 2 aromatic carbocycles. The van der Waals surface area contributed by atoms with Crippen molar-refractivity contribution < 1.29 is 9.67 Å². The summed E-state index contributed by atoms with van der Waals surface area (Å²) < 4.78 is 16.4. The summed E-state index contributed by atoms with van der Waals surface area (Å²) in [6.07, 6.45) is 2.37. The Morgan fingerprint density at radius 3 is 1.86 bits per heavy atom. The molecule has 0 saturated carbocycles. The van der Waals surface area contributed by atoms with Crippen LogP contribution in [0.5, 0.6) is 0 Å². The predicted molar refractivity (Wildman–Crippen MR) is 89.0 cm³/mol. The van der Waals surface area contributed by atoms with Crippen LogP contribution < -0.4 is 10.6 Å². The van der Waals surface area contributed by atoms with E-state index < -0.39 is 7.29 Å². The number of aliphatic hydroxyl groups excluding tert-OH is 1. The van der Waals surface area contributed by atoms with Gasteiger partial charge in [0.2, 0.25) is 7.29 Å². The topological polar surface area (TPSA) is 40.5 Å². The predicted octanol–water partition coefficient (Wildman–Crippen LogP) is 2.51. The number of aliphatic hydroxyl groups is 1. The van der Waals surface area contributed by atoms with E-state index in [1.54, 1.807) is 0 Å². The third-order valence-electron chi connectivity index (χ3n) is 5.00. The van der Waals surface area contributed by atoms with Gasteiger partial charge in [0.1, 0.15) is 0 Å². The van der Waals surface area contributed by atoms with E-state index in [1.807, 2.05) is 60.7 Å². The maximum absolute atomic E-state index is 14.2. The van der Waals surface area contributed by atoms with Crippen molar-refractivity contribution in [2.45, 2.75) is 37.5 Å². The first kappa shape index (κ1) is 14.2. The van der Waals surface area contributed by atoms with Crippen LogP contribution in [0.25, 0.3) is 0 Å². The number of benzene rings is 2. The van der Waals surface area contributed by atoms with E-state index in [0.29, 0.717) is 0 Å². The fourth-order valence-corrected chi connectivity index (χ4v) is 7.38. The third kappa shape index (κ3) is 2.00. The maximum Gasteiger partial charge on any atom is 0.207 e. The molecular formula is C18H20NO2P. The van der Waals surface area contributed by atoms with Crippen molar-refractivity contribution >= 4 is 17.9 Å². The molecule has 1 N–H and O–H groups in total. The largest absolute Gasteiger partial charge is 0.391 e. The van der Waals surface area contributed by atoms with E-state index in [9.17, 15) is 9.67 Å². The zero-order valence-electron chi connectivity index (χ0n) is 12.4. The highest BCUT2D eigenvalue weighted by molar-refractivity contribution is 7.76. The van der Waals surface area contributed by atoms with Crippen LogP contribution in [0.2, 0.25) is 0 Å². The lowest BCUT2D eigenvalue weighted by Crippen LogP contribution is -2.37. The minimum Gasteiger partial charge on any atom is -0.391 e. The van der Waals surface area contributed by atoms with Crippen molar-refractivity contribution in [3.05, 3.63) is 60.7 Å². The molecule has 114 valence electrons. The molecule has 0 aliphatic carbocycles. The molecule has 3 atom stereocenters. The lowest BCUT2D eigenvalue weighted by molar-refractivity contribution is 0.137. The highest BCUT2D eigenvalue weighted by Gasteiger charge is 2.53. The van der Waals surface area contributed by atoms with E-state index in [0.717, 1.165) is 29.9 Å². The molecule has 0 amide bonds. The van der Waals surface area contributed by atoms with Crippen LogP contribution in [-0.4, -0.2) is 28.0 Å². The first-order valence-electron chi connectivity index (χ1n) is 7.89. The van der Waals surface area contributed by atoms with Crippen LogP contribution in [0.15, 0.2) is 60.7 Å². The van der Waals surface area contributed by atoms with Crippen LogP contribution in [0.4, 0.5) is 0 Å². The van der Waals surface area contributed by atoms with Gasteiger partial charge in [-0.15, -0.1) is 0 Å². The van der Waals surface area contributed by atoms with E-state index in [2.05, 4.69) is 4.67 Å². The Labute approximate surface area is 131 Å². The van der Waals surface area contributed by atoms with Gasteiger partial charge in [-0.1, -0.05) is 36.4 Å². The molecular weight excluding hydrogens is 293 g/mol. The van der Waals surface area contributed by atoms with Crippen LogP contribution in [0.1, 0.15) is 19.3 Å². The van der Waals surface area contributed by atoms with E-state index in [4.69, 9.17) is 0 Å². The summed E-state index contributed by atoms with van der Waals surface area (Å²) in [6, 6.07) is 19.8. The number of hydrogen-bond acceptors (Lipinski definition) is 2. The molecule has 2 saturated heterocycles. The standard InChI is InChI=1S/C18H20NO2P/c20-18-13-14-11-12-17(18)19(14)22(21,15-7-3-1-4-8-15)16-9-5-2-6-10-16/h1-10,14,17-18,20H,11-13H2/t14-,17+,18+/m1/s1. The number of hydrogen-bond donors (Lipinski definition) is 1. The monoisotopic (exact) mass is 313 g/mol. The van der Waals surface area contributed by atoms with Crippen molar-refractivity contribution in [2.75, 3.05) is 0 Å². The van der Waals surface area contributed by atoms with E-state index in [-0.39, 0.29) is 18.2 Å². The Kier molecular flexibility index (Phi) is 3.45. The van der Waals surface area contributed by atoms with Gasteiger partial charge in [-0.3, -0.25) is 4.57 Å². The quantitative estimate of drug-likeness (QED) is 0.885. The first-order valence-corrected chi connectivity index (χ1v) is 9.55. The van der Waals surface area contributed by atoms with Crippen molar-refractivity contribution in [1.82, 2.24) is 4.67 Å². The van der Waals surface area contributed by atoms with Gasteiger partial charge in [0.15, 0.2) is 0 Å². The smallest absolute Gasteiger partial charge is 0.207 e. The fraction of sp³-hybridized carbons (Fsp3) is 0.333. The highest BCUT2D eigenvalue weighted by atomic mass is 31.2. The summed E-state index contributed by atoms with van der Waals surface area (Å²) in [6.45, 7) is 0. The SMILES string of the molecule is O=P(c1ccccc1)(c1ccccc1)N1[C@@H]2CC[C@H]1[C@@H](O)C2. The van der Waals surface area contributed by atoms with E-state index in [1.165, 1.54) is 0 Å². The zero-order chi connectivity index (χ0) is 15.2. The lowest BCUT2D eigenvalue weighted by Gasteiger charge is -2.33. The molecule has 3 nitrogen and oxygen atoms in total. The first-order chi connectivity index (χ1) is 10.7. The molecule has 2 aliphatic rings. The second kappa shape index (κ2) is 5.34. The molecule has 2 aromatic rings. The second-order valence-electron chi connectivity index (χ2n) is 6.23. The summed E-state index contributed by atoms with van der Waals surface area (Å²) >= 11 is 0. The molecule has 0 unspecified atom stereocenters. The Hall–Kier alpha value is -1.41. The van der Waals surface area contributed by atoms with Gasteiger partial charge >= 0.3 is 0 Å². The maximum atomic E-state index is 14.2. The van der Waals surface area contributed by atoms with Crippen molar-refractivity contribution in [1.29, 1.82) is 0 Å². The molecule has 22 heavy (non-hydrogen) atoms. The Bertz CT molecular complexity index is 660. The van der Waals surface area contributed by atoms with Gasteiger partial charge in [-0.2, -0.15) is 0 Å².